The summed E-state index contributed by atoms with van der Waals surface area (Å²) in [7, 11) is 0. The van der Waals surface area contributed by atoms with Crippen LogP contribution < -0.4 is 5.32 Å². The van der Waals surface area contributed by atoms with Gasteiger partial charge in [0, 0.05) is 32.1 Å². The molecule has 0 spiro atoms. The Morgan fingerprint density at radius 1 is 1.00 bits per heavy atom. The number of amides is 2. The van der Waals surface area contributed by atoms with Crippen LogP contribution in [0.3, 0.4) is 0 Å². The molecule has 0 aliphatic heterocycles. The number of nitrogens with one attached hydrogen (secondary N) is 1. The topological polar surface area (TPSA) is 49.4 Å². The molecule has 132 valence electrons. The Labute approximate surface area is 149 Å². The predicted molar refractivity (Wildman–Crippen MR) is 101 cm³/mol. The molecule has 0 saturated carbocycles. The summed E-state index contributed by atoms with van der Waals surface area (Å²) in [5.41, 5.74) is 5.26. The highest BCUT2D eigenvalue weighted by molar-refractivity contribution is 5.91. The van der Waals surface area contributed by atoms with E-state index < -0.39 is 0 Å². The highest BCUT2D eigenvalue weighted by Crippen LogP contribution is 2.16. The number of aryl methyl sites for hydroxylation is 3. The maximum atomic E-state index is 12.2. The van der Waals surface area contributed by atoms with E-state index in [1.807, 2.05) is 57.2 Å². The second kappa shape index (κ2) is 8.47. The van der Waals surface area contributed by atoms with E-state index >= 15 is 0 Å². The van der Waals surface area contributed by atoms with E-state index in [4.69, 9.17) is 0 Å². The van der Waals surface area contributed by atoms with Crippen LogP contribution in [0.25, 0.3) is 0 Å². The van der Waals surface area contributed by atoms with Crippen LogP contribution in [0.2, 0.25) is 0 Å². The second-order valence-corrected chi connectivity index (χ2v) is 6.55. The third-order valence-electron chi connectivity index (χ3n) is 4.17. The molecule has 2 aromatic rings. The first-order chi connectivity index (χ1) is 11.8. The first kappa shape index (κ1) is 18.7. The molecule has 2 amide bonds. The molecular weight excluding hydrogens is 312 g/mol. The van der Waals surface area contributed by atoms with E-state index in [0.717, 1.165) is 27.9 Å². The Kier molecular flexibility index (Phi) is 6.34. The highest BCUT2D eigenvalue weighted by atomic mass is 16.2. The van der Waals surface area contributed by atoms with E-state index in [2.05, 4.69) is 11.4 Å². The monoisotopic (exact) mass is 338 g/mol. The van der Waals surface area contributed by atoms with Gasteiger partial charge in [0.2, 0.25) is 11.8 Å². The van der Waals surface area contributed by atoms with Gasteiger partial charge in [-0.1, -0.05) is 47.5 Å². The average Bonchev–Trinajstić information content (AvgIpc) is 2.54. The summed E-state index contributed by atoms with van der Waals surface area (Å²) < 4.78 is 0. The molecule has 4 heteroatoms. The minimum atomic E-state index is -0.0811. The van der Waals surface area contributed by atoms with Crippen LogP contribution in [0, 0.1) is 20.8 Å². The van der Waals surface area contributed by atoms with Crippen molar-refractivity contribution in [1.82, 2.24) is 4.90 Å². The predicted octanol–water partition coefficient (Wildman–Crippen LogP) is 3.99. The Bertz CT molecular complexity index is 768. The first-order valence-corrected chi connectivity index (χ1v) is 8.53. The van der Waals surface area contributed by atoms with Crippen LogP contribution in [-0.4, -0.2) is 23.3 Å². The number of benzene rings is 2. The summed E-state index contributed by atoms with van der Waals surface area (Å²) in [5, 5.41) is 2.93. The third kappa shape index (κ3) is 5.75. The van der Waals surface area contributed by atoms with Crippen molar-refractivity contribution in [2.45, 2.75) is 40.7 Å². The van der Waals surface area contributed by atoms with Crippen LogP contribution in [0.15, 0.2) is 42.5 Å². The first-order valence-electron chi connectivity index (χ1n) is 8.53. The van der Waals surface area contributed by atoms with Gasteiger partial charge in [-0.3, -0.25) is 9.59 Å². The zero-order chi connectivity index (χ0) is 18.4. The van der Waals surface area contributed by atoms with Crippen molar-refractivity contribution in [2.24, 2.45) is 0 Å². The molecule has 0 saturated heterocycles. The molecule has 0 radical (unpaired) electrons. The molecule has 2 aromatic carbocycles. The quantitative estimate of drug-likeness (QED) is 0.866. The number of carbonyl (C=O) groups excluding carboxylic acids is 2. The largest absolute Gasteiger partial charge is 0.338 e. The number of nitrogens with zero attached hydrogens (tertiary/aromatic N) is 1. The lowest BCUT2D eigenvalue weighted by Crippen LogP contribution is -2.31. The van der Waals surface area contributed by atoms with E-state index in [0.29, 0.717) is 13.1 Å². The molecule has 0 unspecified atom stereocenters. The molecule has 0 aromatic heterocycles. The SMILES string of the molecule is CC(=O)N(CCC(=O)Nc1ccc(C)cc1C)Cc1cccc(C)c1. The van der Waals surface area contributed by atoms with Gasteiger partial charge in [0.05, 0.1) is 0 Å². The van der Waals surface area contributed by atoms with Crippen molar-refractivity contribution in [3.8, 4) is 0 Å². The molecule has 2 rings (SSSR count). The van der Waals surface area contributed by atoms with Crippen molar-refractivity contribution in [2.75, 3.05) is 11.9 Å². The van der Waals surface area contributed by atoms with Crippen molar-refractivity contribution in [3.63, 3.8) is 0 Å². The van der Waals surface area contributed by atoms with Crippen molar-refractivity contribution in [1.29, 1.82) is 0 Å². The number of hydrogen-bond acceptors (Lipinski definition) is 2. The van der Waals surface area contributed by atoms with Gasteiger partial charge in [-0.05, 0) is 38.0 Å². The smallest absolute Gasteiger partial charge is 0.226 e. The van der Waals surface area contributed by atoms with Gasteiger partial charge in [-0.2, -0.15) is 0 Å². The number of carbonyl (C=O) groups is 2. The Hall–Kier alpha value is -2.62. The maximum absolute atomic E-state index is 12.2. The average molecular weight is 338 g/mol. The number of rotatable bonds is 6. The Morgan fingerprint density at radius 2 is 1.72 bits per heavy atom. The maximum Gasteiger partial charge on any atom is 0.226 e. The van der Waals surface area contributed by atoms with Gasteiger partial charge in [0.25, 0.3) is 0 Å². The molecule has 4 nitrogen and oxygen atoms in total. The van der Waals surface area contributed by atoms with Gasteiger partial charge in [-0.15, -0.1) is 0 Å². The van der Waals surface area contributed by atoms with Gasteiger partial charge in [0.15, 0.2) is 0 Å². The lowest BCUT2D eigenvalue weighted by atomic mass is 10.1. The van der Waals surface area contributed by atoms with Crippen molar-refractivity contribution in [3.05, 3.63) is 64.7 Å². The molecule has 0 bridgehead atoms. The van der Waals surface area contributed by atoms with E-state index in [-0.39, 0.29) is 18.2 Å². The summed E-state index contributed by atoms with van der Waals surface area (Å²) >= 11 is 0. The fourth-order valence-corrected chi connectivity index (χ4v) is 2.78. The lowest BCUT2D eigenvalue weighted by Gasteiger charge is -2.21. The van der Waals surface area contributed by atoms with Gasteiger partial charge >= 0.3 is 0 Å². The summed E-state index contributed by atoms with van der Waals surface area (Å²) in [6.45, 7) is 8.49. The standard InChI is InChI=1S/C21H26N2O2/c1-15-6-5-7-19(13-15)14-23(18(4)24)11-10-21(25)22-20-9-8-16(2)12-17(20)3/h5-9,12-13H,10-11,14H2,1-4H3,(H,22,25). The fourth-order valence-electron chi connectivity index (χ4n) is 2.78. The molecular formula is C21H26N2O2. The van der Waals surface area contributed by atoms with Gasteiger partial charge in [-0.25, -0.2) is 0 Å². The van der Waals surface area contributed by atoms with Gasteiger partial charge in [0.1, 0.15) is 0 Å². The van der Waals surface area contributed by atoms with Crippen LogP contribution in [0.4, 0.5) is 5.69 Å². The fraction of sp³-hybridized carbons (Fsp3) is 0.333. The Morgan fingerprint density at radius 3 is 2.36 bits per heavy atom. The zero-order valence-electron chi connectivity index (χ0n) is 15.4. The van der Waals surface area contributed by atoms with E-state index in [9.17, 15) is 9.59 Å². The Balaban J connectivity index is 1.94. The van der Waals surface area contributed by atoms with Crippen molar-refractivity contribution < 1.29 is 9.59 Å². The van der Waals surface area contributed by atoms with Gasteiger partial charge < -0.3 is 10.2 Å². The van der Waals surface area contributed by atoms with Crippen LogP contribution in [0.5, 0.6) is 0 Å². The van der Waals surface area contributed by atoms with Crippen LogP contribution in [0.1, 0.15) is 35.6 Å². The highest BCUT2D eigenvalue weighted by Gasteiger charge is 2.12. The molecule has 0 fully saturated rings. The summed E-state index contributed by atoms with van der Waals surface area (Å²) in [5.74, 6) is -0.108. The third-order valence-corrected chi connectivity index (χ3v) is 4.17. The molecule has 0 aliphatic rings. The van der Waals surface area contributed by atoms with Crippen LogP contribution >= 0.6 is 0 Å². The minimum absolute atomic E-state index is 0.0270. The minimum Gasteiger partial charge on any atom is -0.338 e. The molecule has 0 heterocycles. The van der Waals surface area contributed by atoms with E-state index in [1.54, 1.807) is 4.90 Å². The molecule has 25 heavy (non-hydrogen) atoms. The molecule has 0 atom stereocenters. The number of hydrogen-bond donors (Lipinski definition) is 1. The molecule has 0 aliphatic carbocycles. The summed E-state index contributed by atoms with van der Waals surface area (Å²) in [6, 6.07) is 14.0. The summed E-state index contributed by atoms with van der Waals surface area (Å²) in [4.78, 5) is 25.8. The second-order valence-electron chi connectivity index (χ2n) is 6.55. The van der Waals surface area contributed by atoms with Crippen molar-refractivity contribution >= 4 is 17.5 Å². The number of anilines is 1. The zero-order valence-corrected chi connectivity index (χ0v) is 15.4. The lowest BCUT2D eigenvalue weighted by molar-refractivity contribution is -0.129. The normalized spacial score (nSPS) is 10.4. The molecule has 1 N–H and O–H groups in total. The summed E-state index contributed by atoms with van der Waals surface area (Å²) in [6.07, 6.45) is 0.277. The van der Waals surface area contributed by atoms with Crippen LogP contribution in [-0.2, 0) is 16.1 Å². The van der Waals surface area contributed by atoms with E-state index in [1.165, 1.54) is 6.92 Å².